The van der Waals surface area contributed by atoms with Crippen LogP contribution in [-0.2, 0) is 6.61 Å². The minimum absolute atomic E-state index is 0.223. The first-order valence-corrected chi connectivity index (χ1v) is 6.27. The number of aryl methyl sites for hydroxylation is 1. The number of hydrogen-bond acceptors (Lipinski definition) is 3. The van der Waals surface area contributed by atoms with E-state index in [-0.39, 0.29) is 5.82 Å². The number of nitrogens with zero attached hydrogens (tertiary/aromatic N) is 1. The van der Waals surface area contributed by atoms with Gasteiger partial charge in [0.1, 0.15) is 18.2 Å². The van der Waals surface area contributed by atoms with Gasteiger partial charge in [0, 0.05) is 18.4 Å². The van der Waals surface area contributed by atoms with E-state index < -0.39 is 0 Å². The molecule has 1 heterocycles. The van der Waals surface area contributed by atoms with Crippen LogP contribution in [0.25, 0.3) is 0 Å². The topological polar surface area (TPSA) is 34.2 Å². The van der Waals surface area contributed by atoms with Crippen molar-refractivity contribution in [1.29, 1.82) is 0 Å². The zero-order valence-corrected chi connectivity index (χ0v) is 11.1. The van der Waals surface area contributed by atoms with E-state index in [1.807, 2.05) is 19.1 Å². The van der Waals surface area contributed by atoms with Crippen molar-refractivity contribution in [3.63, 3.8) is 0 Å². The number of hydrogen-bond donors (Lipinski definition) is 1. The molecule has 1 aromatic carbocycles. The number of anilines is 1. The largest absolute Gasteiger partial charge is 0.487 e. The first kappa shape index (κ1) is 13.3. The van der Waals surface area contributed by atoms with E-state index in [4.69, 9.17) is 4.74 Å². The Hall–Kier alpha value is -2.10. The number of benzene rings is 1. The zero-order chi connectivity index (χ0) is 13.7. The fourth-order valence-electron chi connectivity index (χ4n) is 1.74. The molecule has 0 spiro atoms. The molecule has 0 saturated carbocycles. The summed E-state index contributed by atoms with van der Waals surface area (Å²) in [6.45, 7) is 4.98. The summed E-state index contributed by atoms with van der Waals surface area (Å²) in [6, 6.07) is 8.57. The summed E-state index contributed by atoms with van der Waals surface area (Å²) in [4.78, 5) is 4.24. The second-order valence-corrected chi connectivity index (χ2v) is 4.27. The second-order valence-electron chi connectivity index (χ2n) is 4.27. The van der Waals surface area contributed by atoms with Crippen molar-refractivity contribution in [2.75, 3.05) is 11.9 Å². The van der Waals surface area contributed by atoms with Gasteiger partial charge in [-0.15, -0.1) is 0 Å². The summed E-state index contributed by atoms with van der Waals surface area (Å²) >= 11 is 0. The van der Waals surface area contributed by atoms with Crippen molar-refractivity contribution < 1.29 is 9.13 Å². The van der Waals surface area contributed by atoms with Crippen LogP contribution in [0.5, 0.6) is 5.75 Å². The van der Waals surface area contributed by atoms with Crippen molar-refractivity contribution in [2.45, 2.75) is 20.5 Å². The summed E-state index contributed by atoms with van der Waals surface area (Å²) in [5.74, 6) is 0.425. The van der Waals surface area contributed by atoms with E-state index in [2.05, 4.69) is 10.3 Å². The van der Waals surface area contributed by atoms with Crippen LogP contribution in [0.3, 0.4) is 0 Å². The second kappa shape index (κ2) is 6.18. The average Bonchev–Trinajstić information content (AvgIpc) is 2.41. The van der Waals surface area contributed by atoms with Gasteiger partial charge in [0.05, 0.1) is 5.69 Å². The molecule has 1 aromatic heterocycles. The highest BCUT2D eigenvalue weighted by atomic mass is 19.1. The van der Waals surface area contributed by atoms with E-state index in [1.54, 1.807) is 25.3 Å². The van der Waals surface area contributed by atoms with Gasteiger partial charge in [0.25, 0.3) is 0 Å². The minimum atomic E-state index is -0.223. The molecule has 0 aliphatic heterocycles. The Morgan fingerprint density at radius 3 is 2.84 bits per heavy atom. The molecule has 2 aromatic rings. The average molecular weight is 260 g/mol. The third-order valence-electron chi connectivity index (χ3n) is 2.71. The monoisotopic (exact) mass is 260 g/mol. The third kappa shape index (κ3) is 3.68. The lowest BCUT2D eigenvalue weighted by Crippen LogP contribution is -2.01. The number of halogens is 1. The highest BCUT2D eigenvalue weighted by Gasteiger charge is 2.02. The molecule has 19 heavy (non-hydrogen) atoms. The fourth-order valence-corrected chi connectivity index (χ4v) is 1.74. The molecule has 100 valence electrons. The Bertz CT molecular complexity index is 558. The first-order valence-electron chi connectivity index (χ1n) is 6.27. The van der Waals surface area contributed by atoms with Crippen LogP contribution in [0.1, 0.15) is 18.2 Å². The maximum atomic E-state index is 13.1. The third-order valence-corrected chi connectivity index (χ3v) is 2.71. The predicted molar refractivity (Wildman–Crippen MR) is 73.9 cm³/mol. The molecule has 0 amide bonds. The molecular formula is C15H17FN2O. The lowest BCUT2D eigenvalue weighted by atomic mass is 10.2. The number of ether oxygens (including phenoxy) is 1. The van der Waals surface area contributed by atoms with E-state index in [1.165, 1.54) is 6.07 Å². The van der Waals surface area contributed by atoms with Crippen LogP contribution in [0.4, 0.5) is 10.1 Å². The lowest BCUT2D eigenvalue weighted by molar-refractivity contribution is 0.300. The molecule has 1 N–H and O–H groups in total. The lowest BCUT2D eigenvalue weighted by Gasteiger charge is -2.08. The molecule has 0 bridgehead atoms. The van der Waals surface area contributed by atoms with Crippen LogP contribution in [-0.4, -0.2) is 11.5 Å². The van der Waals surface area contributed by atoms with Gasteiger partial charge in [0.2, 0.25) is 0 Å². The Morgan fingerprint density at radius 2 is 2.11 bits per heavy atom. The van der Waals surface area contributed by atoms with Crippen LogP contribution in [0, 0.1) is 12.7 Å². The Kier molecular flexibility index (Phi) is 4.34. The van der Waals surface area contributed by atoms with Gasteiger partial charge in [-0.25, -0.2) is 4.39 Å². The van der Waals surface area contributed by atoms with Crippen molar-refractivity contribution in [2.24, 2.45) is 0 Å². The van der Waals surface area contributed by atoms with E-state index in [9.17, 15) is 4.39 Å². The number of rotatable bonds is 5. The van der Waals surface area contributed by atoms with Gasteiger partial charge in [0.15, 0.2) is 0 Å². The fraction of sp³-hybridized carbons (Fsp3) is 0.267. The minimum Gasteiger partial charge on any atom is -0.487 e. The predicted octanol–water partition coefficient (Wildman–Crippen LogP) is 3.54. The molecule has 3 nitrogen and oxygen atoms in total. The summed E-state index contributed by atoms with van der Waals surface area (Å²) in [7, 11) is 0. The van der Waals surface area contributed by atoms with Gasteiger partial charge in [-0.2, -0.15) is 0 Å². The molecular weight excluding hydrogens is 243 g/mol. The first-order chi connectivity index (χ1) is 9.19. The molecule has 0 fully saturated rings. The molecule has 0 radical (unpaired) electrons. The van der Waals surface area contributed by atoms with E-state index in [0.29, 0.717) is 17.9 Å². The van der Waals surface area contributed by atoms with Crippen LogP contribution < -0.4 is 10.1 Å². The summed E-state index contributed by atoms with van der Waals surface area (Å²) in [5.41, 5.74) is 2.43. The summed E-state index contributed by atoms with van der Waals surface area (Å²) in [5, 5.41) is 3.22. The number of aromatic nitrogens is 1. The van der Waals surface area contributed by atoms with Gasteiger partial charge in [-0.05, 0) is 49.7 Å². The Morgan fingerprint density at radius 1 is 1.26 bits per heavy atom. The van der Waals surface area contributed by atoms with Crippen LogP contribution >= 0.6 is 0 Å². The zero-order valence-electron chi connectivity index (χ0n) is 11.1. The SMILES string of the molecule is CCNc1ccnc(COc2ccc(F)c(C)c2)c1. The smallest absolute Gasteiger partial charge is 0.130 e. The highest BCUT2D eigenvalue weighted by molar-refractivity contribution is 5.43. The molecule has 0 aliphatic rings. The Balaban J connectivity index is 2.01. The standard InChI is InChI=1S/C15H17FN2O/c1-3-17-12-6-7-18-13(9-12)10-19-14-4-5-15(16)11(2)8-14/h4-9H,3,10H2,1-2H3,(H,17,18). The van der Waals surface area contributed by atoms with Crippen molar-refractivity contribution in [1.82, 2.24) is 4.98 Å². The van der Waals surface area contributed by atoms with Gasteiger partial charge in [-0.1, -0.05) is 0 Å². The molecule has 0 saturated heterocycles. The maximum Gasteiger partial charge on any atom is 0.130 e. The molecule has 0 unspecified atom stereocenters. The van der Waals surface area contributed by atoms with Gasteiger partial charge in [-0.3, -0.25) is 4.98 Å². The van der Waals surface area contributed by atoms with Crippen LogP contribution in [0.2, 0.25) is 0 Å². The quantitative estimate of drug-likeness (QED) is 0.892. The Labute approximate surface area is 112 Å². The van der Waals surface area contributed by atoms with E-state index in [0.717, 1.165) is 17.9 Å². The summed E-state index contributed by atoms with van der Waals surface area (Å²) in [6.07, 6.45) is 1.74. The van der Waals surface area contributed by atoms with Crippen molar-refractivity contribution >= 4 is 5.69 Å². The molecule has 0 atom stereocenters. The molecule has 4 heteroatoms. The van der Waals surface area contributed by atoms with Crippen LogP contribution in [0.15, 0.2) is 36.5 Å². The number of nitrogens with one attached hydrogen (secondary N) is 1. The maximum absolute atomic E-state index is 13.1. The normalized spacial score (nSPS) is 10.3. The van der Waals surface area contributed by atoms with Gasteiger partial charge >= 0.3 is 0 Å². The van der Waals surface area contributed by atoms with Gasteiger partial charge < -0.3 is 10.1 Å². The van der Waals surface area contributed by atoms with Crippen molar-refractivity contribution in [3.8, 4) is 5.75 Å². The number of pyridine rings is 1. The molecule has 0 aliphatic carbocycles. The summed E-state index contributed by atoms with van der Waals surface area (Å²) < 4.78 is 18.7. The highest BCUT2D eigenvalue weighted by Crippen LogP contribution is 2.17. The van der Waals surface area contributed by atoms with Crippen molar-refractivity contribution in [3.05, 3.63) is 53.6 Å². The molecule has 2 rings (SSSR count). The van der Waals surface area contributed by atoms with E-state index >= 15 is 0 Å².